The van der Waals surface area contributed by atoms with Crippen LogP contribution in [0.15, 0.2) is 24.3 Å². The fourth-order valence-corrected chi connectivity index (χ4v) is 2.32. The van der Waals surface area contributed by atoms with E-state index in [0.717, 1.165) is 10.6 Å². The average molecular weight is 284 g/mol. The highest BCUT2D eigenvalue weighted by Gasteiger charge is 2.31. The summed E-state index contributed by atoms with van der Waals surface area (Å²) in [6, 6.07) is 7.97. The molecule has 1 rings (SSSR count). The number of carbonyl (C=O) groups is 1. The van der Waals surface area contributed by atoms with E-state index in [-0.39, 0.29) is 12.0 Å². The number of esters is 1. The molecule has 19 heavy (non-hydrogen) atoms. The third-order valence-electron chi connectivity index (χ3n) is 3.37. The van der Waals surface area contributed by atoms with Crippen LogP contribution in [0.1, 0.15) is 32.4 Å². The molecule has 0 aliphatic rings. The van der Waals surface area contributed by atoms with E-state index in [1.54, 1.807) is 0 Å². The summed E-state index contributed by atoms with van der Waals surface area (Å²) in [5.74, 6) is -0.197. The van der Waals surface area contributed by atoms with Gasteiger partial charge in [-0.25, -0.2) is 0 Å². The van der Waals surface area contributed by atoms with Crippen molar-refractivity contribution >= 4 is 17.6 Å². The van der Waals surface area contributed by atoms with Crippen LogP contribution in [0, 0.1) is 5.41 Å². The predicted molar refractivity (Wildman–Crippen MR) is 78.3 cm³/mol. The van der Waals surface area contributed by atoms with Gasteiger partial charge in [-0.15, -0.1) is 0 Å². The maximum Gasteiger partial charge on any atom is 0.312 e. The van der Waals surface area contributed by atoms with Crippen LogP contribution in [-0.2, 0) is 9.53 Å². The molecule has 1 aromatic carbocycles. The van der Waals surface area contributed by atoms with Crippen molar-refractivity contribution in [1.82, 2.24) is 4.90 Å². The molecule has 0 N–H and O–H groups in total. The number of nitrogens with zero attached hydrogens (tertiary/aromatic N) is 1. The summed E-state index contributed by atoms with van der Waals surface area (Å²) in [5.41, 5.74) is 0.603. The number of hydrogen-bond acceptors (Lipinski definition) is 3. The maximum atomic E-state index is 11.7. The van der Waals surface area contributed by atoms with Gasteiger partial charge in [-0.3, -0.25) is 9.69 Å². The number of rotatable bonds is 5. The van der Waals surface area contributed by atoms with Crippen LogP contribution in [0.3, 0.4) is 0 Å². The lowest BCUT2D eigenvalue weighted by Crippen LogP contribution is -2.39. The van der Waals surface area contributed by atoms with Gasteiger partial charge in [0.25, 0.3) is 0 Å². The SMILES string of the molecule is COC(=O)C(C)(C)CN(C)C(C)c1cccc(Cl)c1. The fraction of sp³-hybridized carbons (Fsp3) is 0.533. The molecule has 106 valence electrons. The minimum atomic E-state index is -0.531. The summed E-state index contributed by atoms with van der Waals surface area (Å²) in [4.78, 5) is 13.8. The first kappa shape index (κ1) is 16.0. The van der Waals surface area contributed by atoms with Crippen molar-refractivity contribution in [1.29, 1.82) is 0 Å². The van der Waals surface area contributed by atoms with Crippen molar-refractivity contribution in [2.45, 2.75) is 26.8 Å². The largest absolute Gasteiger partial charge is 0.469 e. The Morgan fingerprint density at radius 2 is 2.11 bits per heavy atom. The van der Waals surface area contributed by atoms with Crippen LogP contribution >= 0.6 is 11.6 Å². The van der Waals surface area contributed by atoms with Crippen molar-refractivity contribution in [3.05, 3.63) is 34.9 Å². The third kappa shape index (κ3) is 4.22. The second-order valence-electron chi connectivity index (χ2n) is 5.52. The topological polar surface area (TPSA) is 29.5 Å². The molecule has 0 fully saturated rings. The highest BCUT2D eigenvalue weighted by molar-refractivity contribution is 6.30. The van der Waals surface area contributed by atoms with Gasteiger partial charge in [0, 0.05) is 17.6 Å². The highest BCUT2D eigenvalue weighted by atomic mass is 35.5. The van der Waals surface area contributed by atoms with E-state index in [4.69, 9.17) is 16.3 Å². The Bertz CT molecular complexity index is 446. The van der Waals surface area contributed by atoms with Crippen LogP contribution < -0.4 is 0 Å². The summed E-state index contributed by atoms with van der Waals surface area (Å²) >= 11 is 6.01. The molecule has 4 heteroatoms. The monoisotopic (exact) mass is 283 g/mol. The standard InChI is InChI=1S/C15H22ClNO2/c1-11(12-7-6-8-13(16)9-12)17(4)10-15(2,3)14(18)19-5/h6-9,11H,10H2,1-5H3. The molecule has 1 atom stereocenters. The number of methoxy groups -OCH3 is 1. The van der Waals surface area contributed by atoms with Crippen LogP contribution in [0.2, 0.25) is 5.02 Å². The minimum absolute atomic E-state index is 0.183. The average Bonchev–Trinajstić information content (AvgIpc) is 2.36. The van der Waals surface area contributed by atoms with Gasteiger partial charge in [-0.1, -0.05) is 23.7 Å². The zero-order valence-electron chi connectivity index (χ0n) is 12.2. The molecule has 0 amide bonds. The van der Waals surface area contributed by atoms with Gasteiger partial charge in [0.2, 0.25) is 0 Å². The molecule has 1 unspecified atom stereocenters. The number of benzene rings is 1. The van der Waals surface area contributed by atoms with Gasteiger partial charge in [0.1, 0.15) is 0 Å². The molecule has 0 radical (unpaired) electrons. The molecule has 0 aliphatic heterocycles. The fourth-order valence-electron chi connectivity index (χ4n) is 2.12. The quantitative estimate of drug-likeness (QED) is 0.774. The predicted octanol–water partition coefficient (Wildman–Crippen LogP) is 3.53. The summed E-state index contributed by atoms with van der Waals surface area (Å²) in [6.07, 6.45) is 0. The van der Waals surface area contributed by atoms with E-state index >= 15 is 0 Å². The lowest BCUT2D eigenvalue weighted by molar-refractivity contribution is -0.151. The Kier molecular flexibility index (Phi) is 5.39. The Hall–Kier alpha value is -1.06. The van der Waals surface area contributed by atoms with Crippen LogP contribution in [0.25, 0.3) is 0 Å². The first-order valence-corrected chi connectivity index (χ1v) is 6.70. The van der Waals surface area contributed by atoms with E-state index in [1.165, 1.54) is 7.11 Å². The molecule has 0 aromatic heterocycles. The molecule has 0 saturated heterocycles. The second-order valence-corrected chi connectivity index (χ2v) is 5.96. The second kappa shape index (κ2) is 6.40. The zero-order chi connectivity index (χ0) is 14.6. The molecule has 0 aliphatic carbocycles. The minimum Gasteiger partial charge on any atom is -0.469 e. The summed E-state index contributed by atoms with van der Waals surface area (Å²) < 4.78 is 4.83. The van der Waals surface area contributed by atoms with Gasteiger partial charge in [0.05, 0.1) is 12.5 Å². The van der Waals surface area contributed by atoms with Gasteiger partial charge in [-0.05, 0) is 45.5 Å². The van der Waals surface area contributed by atoms with Gasteiger partial charge in [-0.2, -0.15) is 0 Å². The molecular weight excluding hydrogens is 262 g/mol. The first-order chi connectivity index (χ1) is 8.77. The van der Waals surface area contributed by atoms with E-state index in [0.29, 0.717) is 6.54 Å². The van der Waals surface area contributed by atoms with Crippen molar-refractivity contribution < 1.29 is 9.53 Å². The molecular formula is C15H22ClNO2. The van der Waals surface area contributed by atoms with E-state index in [1.807, 2.05) is 45.2 Å². The number of hydrogen-bond donors (Lipinski definition) is 0. The Morgan fingerprint density at radius 1 is 1.47 bits per heavy atom. The molecule has 0 spiro atoms. The molecule has 1 aromatic rings. The Labute approximate surface area is 120 Å². The summed E-state index contributed by atoms with van der Waals surface area (Å²) in [5, 5.41) is 0.727. The number of ether oxygens (including phenoxy) is 1. The molecule has 0 bridgehead atoms. The van der Waals surface area contributed by atoms with Crippen LogP contribution in [0.5, 0.6) is 0 Å². The first-order valence-electron chi connectivity index (χ1n) is 6.32. The Morgan fingerprint density at radius 3 is 2.63 bits per heavy atom. The highest BCUT2D eigenvalue weighted by Crippen LogP contribution is 2.26. The van der Waals surface area contributed by atoms with Gasteiger partial charge < -0.3 is 4.74 Å². The van der Waals surface area contributed by atoms with Gasteiger partial charge in [0.15, 0.2) is 0 Å². The summed E-state index contributed by atoms with van der Waals surface area (Å²) in [6.45, 7) is 6.49. The molecule has 3 nitrogen and oxygen atoms in total. The van der Waals surface area contributed by atoms with E-state index < -0.39 is 5.41 Å². The normalized spacial score (nSPS) is 13.4. The molecule has 0 saturated carbocycles. The van der Waals surface area contributed by atoms with Crippen LogP contribution in [0.4, 0.5) is 0 Å². The third-order valence-corrected chi connectivity index (χ3v) is 3.61. The zero-order valence-corrected chi connectivity index (χ0v) is 13.0. The number of halogens is 1. The van der Waals surface area contributed by atoms with Gasteiger partial charge >= 0.3 is 5.97 Å². The lowest BCUT2D eigenvalue weighted by Gasteiger charge is -2.32. The van der Waals surface area contributed by atoms with E-state index in [9.17, 15) is 4.79 Å². The maximum absolute atomic E-state index is 11.7. The summed E-state index contributed by atoms with van der Waals surface area (Å²) in [7, 11) is 3.42. The van der Waals surface area contributed by atoms with E-state index in [2.05, 4.69) is 11.8 Å². The molecule has 0 heterocycles. The smallest absolute Gasteiger partial charge is 0.312 e. The van der Waals surface area contributed by atoms with Crippen molar-refractivity contribution in [2.24, 2.45) is 5.41 Å². The number of carbonyl (C=O) groups excluding carboxylic acids is 1. The van der Waals surface area contributed by atoms with Crippen molar-refractivity contribution in [3.63, 3.8) is 0 Å². The Balaban J connectivity index is 2.78. The van der Waals surface area contributed by atoms with Crippen LogP contribution in [-0.4, -0.2) is 31.6 Å². The van der Waals surface area contributed by atoms with Crippen molar-refractivity contribution in [2.75, 3.05) is 20.7 Å². The van der Waals surface area contributed by atoms with Crippen molar-refractivity contribution in [3.8, 4) is 0 Å². The lowest BCUT2D eigenvalue weighted by atomic mass is 9.92.